The van der Waals surface area contributed by atoms with Crippen molar-refractivity contribution < 1.29 is 123 Å². The fraction of sp³-hybridized carbons (Fsp3) is 0.542. The standard InChI is InChI=1S/2C28H36N5O9PS.C27H38N5O8PS.B2/c2*1-5-27(2,3)25(35)44-12-11-38-43(37,31-14-17-9-7-6-8-10-17)39-15-19-22-28(4,42-26(36)41-22)24(40-19)33-16-30-21-18(34)13-20(29)32-23(21)33;1-5-26(2,3)25(35)42-12-11-38-41(37,30-14-17-9-7-6-8-10-17)39-15-19-22(34)27(4,36)24(40-19)32-16-29-21-18(33)13-20(28)31-23(21)32;1-2/h2*6-10,16,19,22,24H,5,11-15H2,1-4H3,(H2,29,32)(H,31,37);6-10,16,19,22,24,34,36H,5,11-15H2,1-4H3,(H2,28,31)(H,30,37);/t2*19-,22+,24-,28?,43?;19-,22+,24?,27+,41?;/m111./s1. The number of aliphatic imine (C=N–C) groups is 3. The Balaban J connectivity index is 0.000000189. The number of Topliss-reactive ketones (excluding diaryl/α,β-unsaturated/α-hetero) is 3. The van der Waals surface area contributed by atoms with Gasteiger partial charge in [0.05, 0.1) is 77.9 Å². The second kappa shape index (κ2) is 44.1. The molecule has 3 aromatic carbocycles. The predicted molar refractivity (Wildman–Crippen MR) is 490 cm³/mol. The highest BCUT2D eigenvalue weighted by atomic mass is 32.2. The van der Waals surface area contributed by atoms with Crippen molar-refractivity contribution in [2.45, 2.75) is 213 Å². The van der Waals surface area contributed by atoms with E-state index >= 15 is 0 Å². The lowest BCUT2D eigenvalue weighted by Crippen LogP contribution is -2.44. The van der Waals surface area contributed by atoms with Crippen LogP contribution in [0.3, 0.4) is 0 Å². The quantitative estimate of drug-likeness (QED) is 0.00769. The van der Waals surface area contributed by atoms with Gasteiger partial charge in [0.2, 0.25) is 0 Å². The van der Waals surface area contributed by atoms with E-state index in [9.17, 15) is 62.3 Å². The first kappa shape index (κ1) is 104. The molecule has 15 atom stereocenters. The third-order valence-corrected chi connectivity index (χ3v) is 31.3. The molecule has 712 valence electrons. The number of nitrogens with one attached hydrogen (secondary N) is 3. The van der Waals surface area contributed by atoms with E-state index in [2.05, 4.69) is 60.7 Å². The molecule has 0 amide bonds. The molecule has 0 spiro atoms. The molecule has 11 heterocycles. The normalized spacial score (nSPS) is 25.5. The Morgan fingerprint density at radius 1 is 0.477 bits per heavy atom. The lowest BCUT2D eigenvalue weighted by molar-refractivity contribution is -0.118. The maximum Gasteiger partial charge on any atom is 0.509 e. The zero-order chi connectivity index (χ0) is 96.1. The van der Waals surface area contributed by atoms with Crippen molar-refractivity contribution in [3.63, 3.8) is 0 Å². The van der Waals surface area contributed by atoms with E-state index in [1.807, 2.05) is 153 Å². The molecule has 3 aromatic heterocycles. The molecule has 6 aromatic rings. The minimum absolute atomic E-state index is 0.00632. The number of benzene rings is 3. The summed E-state index contributed by atoms with van der Waals surface area (Å²) in [6, 6.07) is 27.8. The number of thioether (sulfide) groups is 3. The largest absolute Gasteiger partial charge is 0.509 e. The monoisotopic (exact) mass is 1940 g/mol. The highest BCUT2D eigenvalue weighted by Crippen LogP contribution is 2.55. The number of carbonyl (C=O) groups excluding carboxylic acids is 8. The number of carbonyl (C=O) groups is 8. The van der Waals surface area contributed by atoms with Crippen LogP contribution in [0.25, 0.3) is 0 Å². The van der Waals surface area contributed by atoms with Gasteiger partial charge in [0.1, 0.15) is 47.5 Å². The van der Waals surface area contributed by atoms with Gasteiger partial charge in [-0.15, -0.1) is 0 Å². The van der Waals surface area contributed by atoms with Crippen molar-refractivity contribution in [3.05, 3.63) is 144 Å². The predicted octanol–water partition coefficient (Wildman–Crippen LogP) is 10.9. The first-order valence-electron chi connectivity index (χ1n) is 42.3. The summed E-state index contributed by atoms with van der Waals surface area (Å²) in [4.78, 5) is 125. The van der Waals surface area contributed by atoms with Crippen molar-refractivity contribution in [3.8, 4) is 0 Å². The molecule has 49 heteroatoms. The van der Waals surface area contributed by atoms with Gasteiger partial charge in [-0.3, -0.25) is 69.6 Å². The van der Waals surface area contributed by atoms with Crippen molar-refractivity contribution in [1.29, 1.82) is 0 Å². The highest BCUT2D eigenvalue weighted by molar-refractivity contribution is 8.14. The van der Waals surface area contributed by atoms with Crippen LogP contribution in [0.2, 0.25) is 0 Å². The summed E-state index contributed by atoms with van der Waals surface area (Å²) in [5, 5.41) is 30.8. The number of imidazole rings is 3. The zero-order valence-electron chi connectivity index (χ0n) is 75.0. The number of ether oxygens (including phenoxy) is 7. The molecule has 132 heavy (non-hydrogen) atoms. The van der Waals surface area contributed by atoms with Crippen LogP contribution in [-0.2, 0) is 108 Å². The maximum absolute atomic E-state index is 13.9. The average Bonchev–Trinajstić information content (AvgIpc) is 1.57. The van der Waals surface area contributed by atoms with Gasteiger partial charge in [0.15, 0.2) is 109 Å². The van der Waals surface area contributed by atoms with Crippen molar-refractivity contribution >= 4 is 154 Å². The van der Waals surface area contributed by atoms with E-state index in [1.54, 1.807) is 13.8 Å². The summed E-state index contributed by atoms with van der Waals surface area (Å²) in [5.41, 5.74) is 14.3. The van der Waals surface area contributed by atoms with E-state index in [0.29, 0.717) is 19.3 Å². The summed E-state index contributed by atoms with van der Waals surface area (Å²) in [6.07, 6.45) is -5.64. The fourth-order valence-electron chi connectivity index (χ4n) is 14.2. The number of hydrogen-bond donors (Lipinski definition) is 8. The van der Waals surface area contributed by atoms with Crippen molar-refractivity contribution in [2.75, 3.05) is 56.9 Å². The number of ketones is 3. The first-order chi connectivity index (χ1) is 62.5. The van der Waals surface area contributed by atoms with Crippen LogP contribution in [-0.4, -0.2) is 227 Å². The first-order valence-corrected chi connectivity index (χ1v) is 49.9. The Morgan fingerprint density at radius 3 is 1.05 bits per heavy atom. The van der Waals surface area contributed by atoms with Crippen LogP contribution in [0, 0.1) is 16.2 Å². The summed E-state index contributed by atoms with van der Waals surface area (Å²) in [5.74, 6) is 0.648. The van der Waals surface area contributed by atoms with Gasteiger partial charge in [-0.05, 0) is 56.7 Å². The molecule has 6 unspecified atom stereocenters. The number of rotatable bonds is 39. The van der Waals surface area contributed by atoms with Crippen LogP contribution < -0.4 is 32.5 Å². The Labute approximate surface area is 778 Å². The van der Waals surface area contributed by atoms with Crippen LogP contribution in [0.5, 0.6) is 0 Å². The number of amidine groups is 3. The molecular weight excluding hydrogens is 1830 g/mol. The highest BCUT2D eigenvalue weighted by Gasteiger charge is 2.67. The van der Waals surface area contributed by atoms with E-state index in [4.69, 9.17) is 77.5 Å². The molecule has 11 N–H and O–H groups in total. The summed E-state index contributed by atoms with van der Waals surface area (Å²) < 4.78 is 121. The van der Waals surface area contributed by atoms with E-state index < -0.39 is 131 Å². The Morgan fingerprint density at radius 2 is 0.758 bits per heavy atom. The number of hydrogen-bond acceptors (Lipinski definition) is 38. The second-order valence-electron chi connectivity index (χ2n) is 33.9. The third kappa shape index (κ3) is 24.7. The van der Waals surface area contributed by atoms with Gasteiger partial charge in [0.25, 0.3) is 0 Å². The molecule has 0 saturated carbocycles. The molecule has 5 saturated heterocycles. The van der Waals surface area contributed by atoms with Gasteiger partial charge in [-0.1, -0.05) is 189 Å². The number of aliphatic hydroxyl groups excluding tert-OH is 1. The molecule has 14 rings (SSSR count). The second-order valence-corrected chi connectivity index (χ2v) is 42.6. The molecule has 4 radical (unpaired) electrons. The number of aromatic nitrogens is 6. The minimum Gasteiger partial charge on any atom is -0.424 e. The van der Waals surface area contributed by atoms with E-state index in [1.165, 1.54) is 39.6 Å². The molecule has 8 aliphatic rings. The van der Waals surface area contributed by atoms with E-state index in [0.717, 1.165) is 52.0 Å². The van der Waals surface area contributed by atoms with Gasteiger partial charge in [-0.2, -0.15) is 0 Å². The van der Waals surface area contributed by atoms with Crippen LogP contribution in [0.15, 0.2) is 125 Å². The molecule has 0 bridgehead atoms. The van der Waals surface area contributed by atoms with Gasteiger partial charge < -0.3 is 60.6 Å². The van der Waals surface area contributed by atoms with Crippen LogP contribution in [0.1, 0.15) is 188 Å². The smallest absolute Gasteiger partial charge is 0.424 e. The number of fused-ring (bicyclic) bond motifs is 5. The topological polar surface area (TPSA) is 553 Å². The molecule has 8 aliphatic heterocycles. The van der Waals surface area contributed by atoms with Gasteiger partial charge in [-0.25, -0.2) is 68.5 Å². The third-order valence-electron chi connectivity index (χ3n) is 23.1. The van der Waals surface area contributed by atoms with Crippen LogP contribution >= 0.6 is 58.5 Å². The average molecular weight is 1940 g/mol. The summed E-state index contributed by atoms with van der Waals surface area (Å²) >= 11 is 3.32. The molecular formula is C83H110B2N15O26P3S3. The number of aliphatic hydroxyl groups is 2. The molecule has 41 nitrogen and oxygen atoms in total. The Kier molecular flexibility index (Phi) is 34.8. The summed E-state index contributed by atoms with van der Waals surface area (Å²) in [6.45, 7) is 21.0. The SMILES string of the molecule is CCC(C)(C)C(=O)SCCOP(=O)(NCc1ccccc1)OC[C@H]1OC(n2cnc3c2N=C(N)CC3=O)[C@@](C)(O)[C@H]1O.CCC(C)(C)C(=O)SCCOP(=O)(NCc1ccccc1)OC[C@H]1O[C@@H](n2cnc3c2N=C(N)CC3=O)C2(C)OC(=O)O[C@@H]12.CCC(C)(C)C(=O)SCCOP(=O)(NCc1ccccc1)OC[C@H]1O[C@@H](n2cnc3c2N=C(N)CC3=O)C2(C)OC(=O)O[C@@H]12.[B][B]. The lowest BCUT2D eigenvalue weighted by Gasteiger charge is -2.28. The van der Waals surface area contributed by atoms with Crippen molar-refractivity contribution in [2.24, 2.45) is 48.4 Å². The number of nitrogens with zero attached hydrogens (tertiary/aromatic N) is 9. The van der Waals surface area contributed by atoms with Crippen LogP contribution in [0.4, 0.5) is 27.0 Å². The van der Waals surface area contributed by atoms with Gasteiger partial charge in [0, 0.05) is 68.6 Å². The molecule has 5 fully saturated rings. The summed E-state index contributed by atoms with van der Waals surface area (Å²) in [7, 11) is -3.92. The zero-order valence-corrected chi connectivity index (χ0v) is 80.1. The lowest BCUT2D eigenvalue weighted by atomic mass is 9.81. The molecule has 0 aliphatic carbocycles. The Bertz CT molecular complexity index is 5190. The fourth-order valence-corrected chi connectivity index (χ4v) is 21.2. The minimum atomic E-state index is -3.98. The van der Waals surface area contributed by atoms with Gasteiger partial charge >= 0.3 is 35.6 Å². The number of nitrogens with two attached hydrogens (primary N) is 3. The van der Waals surface area contributed by atoms with E-state index in [-0.39, 0.29) is 174 Å². The maximum atomic E-state index is 13.9. The Hall–Kier alpha value is -8.43. The van der Waals surface area contributed by atoms with Crippen molar-refractivity contribution in [1.82, 2.24) is 43.9 Å².